The van der Waals surface area contributed by atoms with E-state index in [2.05, 4.69) is 4.98 Å². The summed E-state index contributed by atoms with van der Waals surface area (Å²) in [5.41, 5.74) is 2.77. The van der Waals surface area contributed by atoms with Crippen LogP contribution in [0.25, 0.3) is 10.9 Å². The maximum Gasteiger partial charge on any atom is 0.288 e. The molecule has 178 valence electrons. The summed E-state index contributed by atoms with van der Waals surface area (Å²) in [6, 6.07) is 13.0. The van der Waals surface area contributed by atoms with Gasteiger partial charge in [-0.2, -0.15) is 0 Å². The monoisotopic (exact) mass is 459 g/mol. The Morgan fingerprint density at radius 2 is 1.82 bits per heavy atom. The van der Waals surface area contributed by atoms with Crippen LogP contribution >= 0.6 is 0 Å². The first-order valence-corrected chi connectivity index (χ1v) is 10.9. The number of nitrogens with one attached hydrogen (secondary N) is 1. The van der Waals surface area contributed by atoms with E-state index in [1.165, 1.54) is 0 Å². The molecular weight excluding hydrogens is 430 g/mol. The smallest absolute Gasteiger partial charge is 0.288 e. The van der Waals surface area contributed by atoms with E-state index in [1.54, 1.807) is 12.1 Å². The van der Waals surface area contributed by atoms with Crippen LogP contribution in [0, 0.1) is 0 Å². The molecule has 1 aromatic heterocycles. The van der Waals surface area contributed by atoms with E-state index >= 15 is 0 Å². The highest BCUT2D eigenvalue weighted by Crippen LogP contribution is 2.36. The predicted molar refractivity (Wildman–Crippen MR) is 119 cm³/mol. The van der Waals surface area contributed by atoms with Crippen molar-refractivity contribution in [3.63, 3.8) is 0 Å². The maximum absolute atomic E-state index is 10.9. The number of aliphatic hydroxyl groups excluding tert-OH is 4. The van der Waals surface area contributed by atoms with E-state index in [4.69, 9.17) is 14.2 Å². The second kappa shape index (κ2) is 9.68. The standard InChI is InChI=1S/C24H29NO8/c1-2-31-16-10-7-14(8-11-16)6-9-15-12-25-17-4-3-5-18(20(15)17)33-24(30)22(28)21(27)19(13-26)32-23(24)29/h3-5,7-8,10-12,19,21-23,25-30H,2,6,9,13H2,1H3/t19-,21-,22+,23-,24+/m1/s1. The van der Waals surface area contributed by atoms with Crippen molar-refractivity contribution >= 4 is 10.9 Å². The number of aromatic nitrogens is 1. The number of hydrogen-bond acceptors (Lipinski definition) is 8. The molecule has 2 heterocycles. The molecule has 0 aliphatic carbocycles. The van der Waals surface area contributed by atoms with Crippen molar-refractivity contribution in [2.75, 3.05) is 13.2 Å². The van der Waals surface area contributed by atoms with Gasteiger partial charge in [-0.25, -0.2) is 0 Å². The third-order valence-corrected chi connectivity index (χ3v) is 5.91. The normalized spacial score (nSPS) is 27.6. The molecule has 1 saturated heterocycles. The minimum atomic E-state index is -2.64. The third-order valence-electron chi connectivity index (χ3n) is 5.91. The first kappa shape index (κ1) is 23.5. The van der Waals surface area contributed by atoms with Crippen LogP contribution in [0.15, 0.2) is 48.7 Å². The molecule has 3 aromatic rings. The molecule has 9 heteroatoms. The molecule has 1 fully saturated rings. The Labute approximate surface area is 190 Å². The first-order chi connectivity index (χ1) is 15.9. The molecule has 0 unspecified atom stereocenters. The summed E-state index contributed by atoms with van der Waals surface area (Å²) in [4.78, 5) is 3.17. The van der Waals surface area contributed by atoms with Crippen LogP contribution in [-0.2, 0) is 17.6 Å². The zero-order valence-electron chi connectivity index (χ0n) is 18.2. The molecule has 0 radical (unpaired) electrons. The lowest BCUT2D eigenvalue weighted by atomic mass is 9.95. The fourth-order valence-corrected chi connectivity index (χ4v) is 4.08. The first-order valence-electron chi connectivity index (χ1n) is 10.9. The largest absolute Gasteiger partial charge is 0.494 e. The van der Waals surface area contributed by atoms with Crippen molar-refractivity contribution < 1.29 is 39.7 Å². The van der Waals surface area contributed by atoms with Crippen LogP contribution < -0.4 is 9.47 Å². The molecule has 1 aliphatic rings. The summed E-state index contributed by atoms with van der Waals surface area (Å²) in [7, 11) is 0. The van der Waals surface area contributed by atoms with Crippen LogP contribution in [0.4, 0.5) is 0 Å². The Bertz CT molecular complexity index is 1070. The second-order valence-corrected chi connectivity index (χ2v) is 8.07. The lowest BCUT2D eigenvalue weighted by molar-refractivity contribution is -0.385. The number of benzene rings is 2. The Kier molecular flexibility index (Phi) is 6.89. The van der Waals surface area contributed by atoms with E-state index in [0.717, 1.165) is 28.8 Å². The Morgan fingerprint density at radius 3 is 2.52 bits per heavy atom. The van der Waals surface area contributed by atoms with Crippen molar-refractivity contribution in [1.82, 2.24) is 4.98 Å². The van der Waals surface area contributed by atoms with Crippen LogP contribution in [-0.4, -0.2) is 74.1 Å². The van der Waals surface area contributed by atoms with Crippen LogP contribution in [0.5, 0.6) is 11.5 Å². The van der Waals surface area contributed by atoms with E-state index in [0.29, 0.717) is 18.4 Å². The van der Waals surface area contributed by atoms with Gasteiger partial charge in [0, 0.05) is 17.1 Å². The number of hydrogen-bond donors (Lipinski definition) is 6. The molecule has 9 nitrogen and oxygen atoms in total. The van der Waals surface area contributed by atoms with Gasteiger partial charge in [0.05, 0.1) is 13.2 Å². The van der Waals surface area contributed by atoms with E-state index in [1.807, 2.05) is 43.5 Å². The molecular formula is C24H29NO8. The zero-order valence-corrected chi connectivity index (χ0v) is 18.2. The summed E-state index contributed by atoms with van der Waals surface area (Å²) in [5.74, 6) is -1.62. The van der Waals surface area contributed by atoms with Gasteiger partial charge in [-0.3, -0.25) is 0 Å². The van der Waals surface area contributed by atoms with Gasteiger partial charge in [0.1, 0.15) is 23.7 Å². The fourth-order valence-electron chi connectivity index (χ4n) is 4.08. The van der Waals surface area contributed by atoms with Crippen molar-refractivity contribution in [3.8, 4) is 11.5 Å². The third kappa shape index (κ3) is 4.56. The summed E-state index contributed by atoms with van der Waals surface area (Å²) in [6.07, 6.45) is -3.59. The van der Waals surface area contributed by atoms with Gasteiger partial charge in [0.2, 0.25) is 6.29 Å². The average Bonchev–Trinajstić information content (AvgIpc) is 3.24. The molecule has 1 aliphatic heterocycles. The van der Waals surface area contributed by atoms with Gasteiger partial charge < -0.3 is 44.7 Å². The van der Waals surface area contributed by atoms with Gasteiger partial charge >= 0.3 is 0 Å². The summed E-state index contributed by atoms with van der Waals surface area (Å²) < 4.78 is 16.2. The molecule has 4 rings (SSSR count). The van der Waals surface area contributed by atoms with Crippen LogP contribution in [0.2, 0.25) is 0 Å². The number of ether oxygens (including phenoxy) is 3. The maximum atomic E-state index is 10.9. The second-order valence-electron chi connectivity index (χ2n) is 8.07. The van der Waals surface area contributed by atoms with Crippen molar-refractivity contribution in [2.24, 2.45) is 0 Å². The lowest BCUT2D eigenvalue weighted by Gasteiger charge is -2.45. The molecule has 0 amide bonds. The van der Waals surface area contributed by atoms with E-state index in [9.17, 15) is 25.5 Å². The lowest BCUT2D eigenvalue weighted by Crippen LogP contribution is -2.69. The number of aromatic amines is 1. The molecule has 0 saturated carbocycles. The van der Waals surface area contributed by atoms with Gasteiger partial charge in [-0.1, -0.05) is 18.2 Å². The number of fused-ring (bicyclic) bond motifs is 1. The minimum Gasteiger partial charge on any atom is -0.494 e. The number of aliphatic hydroxyl groups is 5. The highest BCUT2D eigenvalue weighted by Gasteiger charge is 2.57. The van der Waals surface area contributed by atoms with Crippen LogP contribution in [0.3, 0.4) is 0 Å². The molecule has 0 spiro atoms. The zero-order chi connectivity index (χ0) is 23.6. The minimum absolute atomic E-state index is 0.203. The molecule has 0 bridgehead atoms. The van der Waals surface area contributed by atoms with Gasteiger partial charge in [0.15, 0.2) is 6.10 Å². The SMILES string of the molecule is CCOc1ccc(CCc2c[nH]c3cccc(O[C@]4(O)[C@H](O)O[C@H](CO)[C@@H](O)[C@@H]4O)c23)cc1. The van der Waals surface area contributed by atoms with Gasteiger partial charge in [0.25, 0.3) is 5.79 Å². The predicted octanol–water partition coefficient (Wildman–Crippen LogP) is 0.850. The molecule has 5 atom stereocenters. The molecule has 2 aromatic carbocycles. The summed E-state index contributed by atoms with van der Waals surface area (Å²) in [6.45, 7) is 1.90. The average molecular weight is 459 g/mol. The highest BCUT2D eigenvalue weighted by atomic mass is 16.7. The summed E-state index contributed by atoms with van der Waals surface area (Å²) >= 11 is 0. The number of rotatable bonds is 8. The topological polar surface area (TPSA) is 145 Å². The van der Waals surface area contributed by atoms with E-state index < -0.39 is 37.0 Å². The van der Waals surface area contributed by atoms with Crippen molar-refractivity contribution in [1.29, 1.82) is 0 Å². The van der Waals surface area contributed by atoms with Gasteiger partial charge in [-0.05, 0) is 55.2 Å². The molecule has 33 heavy (non-hydrogen) atoms. The molecule has 6 N–H and O–H groups in total. The van der Waals surface area contributed by atoms with Crippen molar-refractivity contribution in [3.05, 3.63) is 59.8 Å². The Balaban J connectivity index is 1.57. The van der Waals surface area contributed by atoms with Crippen molar-refractivity contribution in [2.45, 2.75) is 50.2 Å². The fraction of sp³-hybridized carbons (Fsp3) is 0.417. The highest BCUT2D eigenvalue weighted by molar-refractivity contribution is 5.89. The Hall–Kier alpha value is -2.66. The van der Waals surface area contributed by atoms with E-state index in [-0.39, 0.29) is 5.75 Å². The van der Waals surface area contributed by atoms with Crippen LogP contribution in [0.1, 0.15) is 18.1 Å². The Morgan fingerprint density at radius 1 is 1.06 bits per heavy atom. The quantitative estimate of drug-likeness (QED) is 0.272. The summed E-state index contributed by atoms with van der Waals surface area (Å²) in [5, 5.41) is 51.7. The number of H-pyrrole nitrogens is 1. The van der Waals surface area contributed by atoms with Gasteiger partial charge in [-0.15, -0.1) is 0 Å². The number of aryl methyl sites for hydroxylation is 2.